The van der Waals surface area contributed by atoms with Crippen LogP contribution in [0.1, 0.15) is 30.9 Å². The van der Waals surface area contributed by atoms with Crippen molar-refractivity contribution >= 4 is 5.97 Å². The summed E-state index contributed by atoms with van der Waals surface area (Å²) < 4.78 is 10.7. The van der Waals surface area contributed by atoms with Crippen LogP contribution in [-0.2, 0) is 17.6 Å². The molecule has 0 aliphatic rings. The molecule has 0 aliphatic heterocycles. The lowest BCUT2D eigenvalue weighted by Gasteiger charge is -2.14. The maximum absolute atomic E-state index is 10.5. The van der Waals surface area contributed by atoms with Gasteiger partial charge in [-0.3, -0.25) is 4.79 Å². The molecule has 1 rings (SSSR count). The van der Waals surface area contributed by atoms with Crippen LogP contribution < -0.4 is 9.47 Å². The first-order chi connectivity index (χ1) is 8.62. The first kappa shape index (κ1) is 14.4. The number of hydrogen-bond acceptors (Lipinski definition) is 3. The largest absolute Gasteiger partial charge is 0.493 e. The van der Waals surface area contributed by atoms with Crippen molar-refractivity contribution in [2.24, 2.45) is 0 Å². The van der Waals surface area contributed by atoms with Crippen molar-refractivity contribution < 1.29 is 19.4 Å². The molecule has 0 saturated heterocycles. The van der Waals surface area contributed by atoms with Gasteiger partial charge in [0.05, 0.1) is 14.2 Å². The molecule has 1 aromatic rings. The molecule has 18 heavy (non-hydrogen) atoms. The van der Waals surface area contributed by atoms with Crippen molar-refractivity contribution in [3.05, 3.63) is 23.3 Å². The SMILES string of the molecule is CCc1cc(CCCC(=O)O)c(OC)c(OC)c1. The molecular formula is C14H20O4. The summed E-state index contributed by atoms with van der Waals surface area (Å²) in [6.07, 6.45) is 2.36. The smallest absolute Gasteiger partial charge is 0.303 e. The molecule has 0 bridgehead atoms. The third-order valence-corrected chi connectivity index (χ3v) is 2.86. The lowest BCUT2D eigenvalue weighted by Crippen LogP contribution is -2.00. The number of benzene rings is 1. The minimum atomic E-state index is -0.771. The number of rotatable bonds is 7. The number of ether oxygens (including phenoxy) is 2. The van der Waals surface area contributed by atoms with Gasteiger partial charge in [0.25, 0.3) is 0 Å². The average Bonchev–Trinajstić information content (AvgIpc) is 2.37. The van der Waals surface area contributed by atoms with Gasteiger partial charge in [-0.15, -0.1) is 0 Å². The maximum atomic E-state index is 10.5. The number of carbonyl (C=O) groups is 1. The zero-order valence-corrected chi connectivity index (χ0v) is 11.2. The van der Waals surface area contributed by atoms with Gasteiger partial charge in [-0.2, -0.15) is 0 Å². The molecule has 0 saturated carbocycles. The van der Waals surface area contributed by atoms with E-state index in [4.69, 9.17) is 14.6 Å². The van der Waals surface area contributed by atoms with E-state index in [1.165, 1.54) is 0 Å². The fraction of sp³-hybridized carbons (Fsp3) is 0.500. The molecule has 0 amide bonds. The molecule has 100 valence electrons. The van der Waals surface area contributed by atoms with Crippen LogP contribution in [-0.4, -0.2) is 25.3 Å². The van der Waals surface area contributed by atoms with Crippen LogP contribution in [0, 0.1) is 0 Å². The predicted molar refractivity (Wildman–Crippen MR) is 69.5 cm³/mol. The summed E-state index contributed by atoms with van der Waals surface area (Å²) in [5, 5.41) is 8.66. The maximum Gasteiger partial charge on any atom is 0.303 e. The van der Waals surface area contributed by atoms with Gasteiger partial charge in [-0.05, 0) is 36.5 Å². The Hall–Kier alpha value is -1.71. The number of methoxy groups -OCH3 is 2. The van der Waals surface area contributed by atoms with E-state index in [0.717, 1.165) is 17.5 Å². The van der Waals surface area contributed by atoms with Crippen LogP contribution in [0.5, 0.6) is 11.5 Å². The number of carboxylic acids is 1. The summed E-state index contributed by atoms with van der Waals surface area (Å²) in [4.78, 5) is 10.5. The van der Waals surface area contributed by atoms with Crippen molar-refractivity contribution in [3.63, 3.8) is 0 Å². The molecular weight excluding hydrogens is 232 g/mol. The molecule has 0 spiro atoms. The van der Waals surface area contributed by atoms with Gasteiger partial charge < -0.3 is 14.6 Å². The van der Waals surface area contributed by atoms with E-state index < -0.39 is 5.97 Å². The Morgan fingerprint density at radius 3 is 2.50 bits per heavy atom. The van der Waals surface area contributed by atoms with Crippen molar-refractivity contribution in [1.82, 2.24) is 0 Å². The highest BCUT2D eigenvalue weighted by Crippen LogP contribution is 2.33. The average molecular weight is 252 g/mol. The highest BCUT2D eigenvalue weighted by Gasteiger charge is 2.12. The van der Waals surface area contributed by atoms with E-state index in [1.807, 2.05) is 6.07 Å². The van der Waals surface area contributed by atoms with Gasteiger partial charge in [0.15, 0.2) is 11.5 Å². The van der Waals surface area contributed by atoms with Gasteiger partial charge in [-0.1, -0.05) is 13.0 Å². The first-order valence-electron chi connectivity index (χ1n) is 6.07. The van der Waals surface area contributed by atoms with Crippen molar-refractivity contribution in [1.29, 1.82) is 0 Å². The lowest BCUT2D eigenvalue weighted by atomic mass is 10.0. The van der Waals surface area contributed by atoms with Gasteiger partial charge in [0.1, 0.15) is 0 Å². The molecule has 4 heteroatoms. The quantitative estimate of drug-likeness (QED) is 0.810. The second-order valence-electron chi connectivity index (χ2n) is 4.09. The monoisotopic (exact) mass is 252 g/mol. The summed E-state index contributed by atoms with van der Waals surface area (Å²) in [7, 11) is 3.21. The fourth-order valence-electron chi connectivity index (χ4n) is 1.93. The zero-order valence-electron chi connectivity index (χ0n) is 11.2. The third-order valence-electron chi connectivity index (χ3n) is 2.86. The van der Waals surface area contributed by atoms with Crippen molar-refractivity contribution in [2.75, 3.05) is 14.2 Å². The van der Waals surface area contributed by atoms with E-state index >= 15 is 0 Å². The molecule has 0 unspecified atom stereocenters. The van der Waals surface area contributed by atoms with E-state index in [0.29, 0.717) is 24.3 Å². The molecule has 0 aliphatic carbocycles. The zero-order chi connectivity index (χ0) is 13.5. The Kier molecular flexibility index (Phi) is 5.49. The lowest BCUT2D eigenvalue weighted by molar-refractivity contribution is -0.137. The molecule has 1 N–H and O–H groups in total. The summed E-state index contributed by atoms with van der Waals surface area (Å²) in [5.41, 5.74) is 2.17. The third kappa shape index (κ3) is 3.65. The molecule has 0 fully saturated rings. The van der Waals surface area contributed by atoms with Crippen LogP contribution in [0.15, 0.2) is 12.1 Å². The van der Waals surface area contributed by atoms with Crippen LogP contribution in [0.2, 0.25) is 0 Å². The Bertz CT molecular complexity index is 413. The van der Waals surface area contributed by atoms with E-state index in [2.05, 4.69) is 13.0 Å². The molecule has 4 nitrogen and oxygen atoms in total. The first-order valence-corrected chi connectivity index (χ1v) is 6.07. The Labute approximate surface area is 108 Å². The normalized spacial score (nSPS) is 10.2. The highest BCUT2D eigenvalue weighted by atomic mass is 16.5. The molecule has 0 radical (unpaired) electrons. The summed E-state index contributed by atoms with van der Waals surface area (Å²) >= 11 is 0. The number of aliphatic carboxylic acids is 1. The van der Waals surface area contributed by atoms with Crippen LogP contribution >= 0.6 is 0 Å². The van der Waals surface area contributed by atoms with Gasteiger partial charge in [0, 0.05) is 6.42 Å². The summed E-state index contributed by atoms with van der Waals surface area (Å²) in [6.45, 7) is 2.07. The minimum Gasteiger partial charge on any atom is -0.493 e. The highest BCUT2D eigenvalue weighted by molar-refractivity contribution is 5.66. The second-order valence-corrected chi connectivity index (χ2v) is 4.09. The Morgan fingerprint density at radius 2 is 2.00 bits per heavy atom. The number of hydrogen-bond donors (Lipinski definition) is 1. The van der Waals surface area contributed by atoms with Crippen molar-refractivity contribution in [2.45, 2.75) is 32.6 Å². The van der Waals surface area contributed by atoms with Crippen LogP contribution in [0.3, 0.4) is 0 Å². The molecule has 0 atom stereocenters. The fourth-order valence-corrected chi connectivity index (χ4v) is 1.93. The van der Waals surface area contributed by atoms with Crippen LogP contribution in [0.4, 0.5) is 0 Å². The minimum absolute atomic E-state index is 0.168. The second kappa shape index (κ2) is 6.89. The van der Waals surface area contributed by atoms with E-state index in [1.54, 1.807) is 14.2 Å². The van der Waals surface area contributed by atoms with Crippen molar-refractivity contribution in [3.8, 4) is 11.5 Å². The van der Waals surface area contributed by atoms with Crippen LogP contribution in [0.25, 0.3) is 0 Å². The van der Waals surface area contributed by atoms with Gasteiger partial charge >= 0.3 is 5.97 Å². The summed E-state index contributed by atoms with van der Waals surface area (Å²) in [6, 6.07) is 4.02. The molecule has 1 aromatic carbocycles. The topological polar surface area (TPSA) is 55.8 Å². The van der Waals surface area contributed by atoms with Gasteiger partial charge in [-0.25, -0.2) is 0 Å². The van der Waals surface area contributed by atoms with Gasteiger partial charge in [0.2, 0.25) is 0 Å². The Balaban J connectivity index is 2.95. The summed E-state index contributed by atoms with van der Waals surface area (Å²) in [5.74, 6) is 0.648. The Morgan fingerprint density at radius 1 is 1.28 bits per heavy atom. The molecule has 0 heterocycles. The predicted octanol–water partition coefficient (Wildman–Crippen LogP) is 2.67. The van der Waals surface area contributed by atoms with E-state index in [9.17, 15) is 4.79 Å². The number of carboxylic acid groups (broad SMARTS) is 1. The standard InChI is InChI=1S/C14H20O4/c1-4-10-8-11(6-5-7-13(15)16)14(18-3)12(9-10)17-2/h8-9H,4-7H2,1-3H3,(H,15,16). The van der Waals surface area contributed by atoms with E-state index in [-0.39, 0.29) is 6.42 Å². The number of aryl methyl sites for hydroxylation is 2. The molecule has 0 aromatic heterocycles.